The zero-order valence-corrected chi connectivity index (χ0v) is 16.6. The lowest BCUT2D eigenvalue weighted by atomic mass is 10.3. The van der Waals surface area contributed by atoms with Gasteiger partial charge < -0.3 is 15.4 Å². The van der Waals surface area contributed by atoms with Crippen LogP contribution < -0.4 is 15.4 Å². The van der Waals surface area contributed by atoms with E-state index in [2.05, 4.69) is 20.6 Å². The highest BCUT2D eigenvalue weighted by Crippen LogP contribution is 2.11. The smallest absolute Gasteiger partial charge is 0.191 e. The van der Waals surface area contributed by atoms with E-state index in [1.165, 1.54) is 12.1 Å². The normalized spacial score (nSPS) is 10.7. The Morgan fingerprint density at radius 2 is 2.08 bits per heavy atom. The van der Waals surface area contributed by atoms with Crippen LogP contribution in [0.3, 0.4) is 0 Å². The number of nitrogens with one attached hydrogen (secondary N) is 2. The summed E-state index contributed by atoms with van der Waals surface area (Å²) in [5, 5.41) is 6.37. The molecule has 5 nitrogen and oxygen atoms in total. The molecular weight excluding hydrogens is 434 g/mol. The third-order valence-corrected chi connectivity index (χ3v) is 3.17. The molecule has 1 aromatic carbocycles. The van der Waals surface area contributed by atoms with Crippen molar-refractivity contribution in [2.45, 2.75) is 13.3 Å². The maximum atomic E-state index is 13.1. The maximum Gasteiger partial charge on any atom is 0.191 e. The molecular formula is C18H24FIN4O. The summed E-state index contributed by atoms with van der Waals surface area (Å²) in [7, 11) is 0. The molecule has 0 aliphatic rings. The Labute approximate surface area is 165 Å². The number of aliphatic imine (C=N–C) groups is 1. The van der Waals surface area contributed by atoms with Crippen LogP contribution in [0.2, 0.25) is 0 Å². The number of ether oxygens (including phenoxy) is 1. The first-order valence-electron chi connectivity index (χ1n) is 8.08. The maximum absolute atomic E-state index is 13.1. The van der Waals surface area contributed by atoms with E-state index in [-0.39, 0.29) is 29.8 Å². The van der Waals surface area contributed by atoms with Gasteiger partial charge in [-0.05, 0) is 31.2 Å². The molecule has 2 N–H and O–H groups in total. The van der Waals surface area contributed by atoms with Crippen LogP contribution in [0, 0.1) is 5.82 Å². The second-order valence-corrected chi connectivity index (χ2v) is 5.06. The molecule has 0 radical (unpaired) electrons. The monoisotopic (exact) mass is 458 g/mol. The summed E-state index contributed by atoms with van der Waals surface area (Å²) >= 11 is 0. The Bertz CT molecular complexity index is 640. The van der Waals surface area contributed by atoms with E-state index >= 15 is 0 Å². The van der Waals surface area contributed by atoms with Gasteiger partial charge >= 0.3 is 0 Å². The summed E-state index contributed by atoms with van der Waals surface area (Å²) < 4.78 is 18.5. The van der Waals surface area contributed by atoms with Gasteiger partial charge in [-0.15, -0.1) is 24.0 Å². The topological polar surface area (TPSA) is 58.5 Å². The van der Waals surface area contributed by atoms with Crippen LogP contribution >= 0.6 is 24.0 Å². The number of aromatic nitrogens is 1. The number of hydrogen-bond acceptors (Lipinski definition) is 3. The zero-order chi connectivity index (χ0) is 17.0. The predicted octanol–water partition coefficient (Wildman–Crippen LogP) is 3.02. The van der Waals surface area contributed by atoms with Crippen LogP contribution in [-0.2, 0) is 6.42 Å². The first-order chi connectivity index (χ1) is 11.8. The first-order valence-corrected chi connectivity index (χ1v) is 8.08. The third kappa shape index (κ3) is 8.67. The van der Waals surface area contributed by atoms with Crippen LogP contribution in [0.1, 0.15) is 12.6 Å². The molecule has 7 heteroatoms. The van der Waals surface area contributed by atoms with E-state index in [0.717, 1.165) is 24.6 Å². The molecule has 0 saturated heterocycles. The Hall–Kier alpha value is -1.90. The number of hydrogen-bond donors (Lipinski definition) is 2. The highest BCUT2D eigenvalue weighted by Gasteiger charge is 1.99. The van der Waals surface area contributed by atoms with Crippen molar-refractivity contribution in [1.29, 1.82) is 0 Å². The Morgan fingerprint density at radius 3 is 2.80 bits per heavy atom. The Kier molecular flexibility index (Phi) is 10.5. The average Bonchev–Trinajstić information content (AvgIpc) is 2.60. The van der Waals surface area contributed by atoms with Crippen molar-refractivity contribution in [3.8, 4) is 5.75 Å². The summed E-state index contributed by atoms with van der Waals surface area (Å²) in [6.45, 7) is 4.44. The number of rotatable bonds is 8. The van der Waals surface area contributed by atoms with Crippen LogP contribution in [0.5, 0.6) is 5.75 Å². The molecule has 25 heavy (non-hydrogen) atoms. The minimum absolute atomic E-state index is 0. The lowest BCUT2D eigenvalue weighted by Gasteiger charge is -2.12. The molecule has 0 aliphatic heterocycles. The molecule has 0 spiro atoms. The number of benzene rings is 1. The molecule has 1 heterocycles. The SMILES string of the molecule is CCNC(=NCCc1ccccn1)NCCOc1cccc(F)c1.I. The summed E-state index contributed by atoms with van der Waals surface area (Å²) in [6, 6.07) is 12.0. The minimum Gasteiger partial charge on any atom is -0.492 e. The quantitative estimate of drug-likeness (QED) is 0.277. The molecule has 0 aliphatic carbocycles. The molecule has 0 amide bonds. The highest BCUT2D eigenvalue weighted by atomic mass is 127. The van der Waals surface area contributed by atoms with Gasteiger partial charge in [0.2, 0.25) is 0 Å². The number of guanidine groups is 1. The molecule has 2 aromatic rings. The summed E-state index contributed by atoms with van der Waals surface area (Å²) in [5.41, 5.74) is 1.02. The van der Waals surface area contributed by atoms with E-state index in [0.29, 0.717) is 25.4 Å². The second-order valence-electron chi connectivity index (χ2n) is 5.06. The zero-order valence-electron chi connectivity index (χ0n) is 14.2. The summed E-state index contributed by atoms with van der Waals surface area (Å²) in [5.74, 6) is 0.954. The largest absolute Gasteiger partial charge is 0.492 e. The van der Waals surface area contributed by atoms with Crippen LogP contribution in [0.25, 0.3) is 0 Å². The summed E-state index contributed by atoms with van der Waals surface area (Å²) in [4.78, 5) is 8.78. The van der Waals surface area contributed by atoms with Gasteiger partial charge in [-0.25, -0.2) is 4.39 Å². The Balaban J connectivity index is 0.00000312. The molecule has 1 aromatic heterocycles. The van der Waals surface area contributed by atoms with Crippen molar-refractivity contribution in [3.63, 3.8) is 0 Å². The van der Waals surface area contributed by atoms with Gasteiger partial charge in [0.25, 0.3) is 0 Å². The fourth-order valence-electron chi connectivity index (χ4n) is 2.07. The van der Waals surface area contributed by atoms with E-state index in [1.807, 2.05) is 25.1 Å². The van der Waals surface area contributed by atoms with Crippen molar-refractivity contribution in [2.24, 2.45) is 4.99 Å². The summed E-state index contributed by atoms with van der Waals surface area (Å²) in [6.07, 6.45) is 2.57. The van der Waals surface area contributed by atoms with Gasteiger partial charge in [-0.1, -0.05) is 12.1 Å². The standard InChI is InChI=1S/C18H23FN4O.HI/c1-2-20-18(22-11-9-16-7-3-4-10-21-16)23-12-13-24-17-8-5-6-15(19)14-17;/h3-8,10,14H,2,9,11-13H2,1H3,(H2,20,22,23);1H. The Morgan fingerprint density at radius 1 is 1.20 bits per heavy atom. The predicted molar refractivity (Wildman–Crippen MR) is 109 cm³/mol. The lowest BCUT2D eigenvalue weighted by molar-refractivity contribution is 0.320. The average molecular weight is 458 g/mol. The fraction of sp³-hybridized carbons (Fsp3) is 0.333. The first kappa shape index (κ1) is 21.1. The molecule has 0 unspecified atom stereocenters. The van der Waals surface area contributed by atoms with Crippen LogP contribution in [-0.4, -0.2) is 37.2 Å². The van der Waals surface area contributed by atoms with Crippen molar-refractivity contribution in [3.05, 3.63) is 60.2 Å². The van der Waals surface area contributed by atoms with Crippen molar-refractivity contribution >= 4 is 29.9 Å². The van der Waals surface area contributed by atoms with Crippen LogP contribution in [0.15, 0.2) is 53.7 Å². The van der Waals surface area contributed by atoms with Crippen molar-refractivity contribution in [2.75, 3.05) is 26.2 Å². The second kappa shape index (κ2) is 12.5. The van der Waals surface area contributed by atoms with E-state index < -0.39 is 0 Å². The van der Waals surface area contributed by atoms with Crippen LogP contribution in [0.4, 0.5) is 4.39 Å². The molecule has 2 rings (SSSR count). The molecule has 0 fully saturated rings. The third-order valence-electron chi connectivity index (χ3n) is 3.17. The van der Waals surface area contributed by atoms with E-state index in [9.17, 15) is 4.39 Å². The molecule has 0 atom stereocenters. The minimum atomic E-state index is -0.301. The van der Waals surface area contributed by atoms with E-state index in [1.54, 1.807) is 18.3 Å². The fourth-order valence-corrected chi connectivity index (χ4v) is 2.07. The molecule has 0 bridgehead atoms. The van der Waals surface area contributed by atoms with Gasteiger partial charge in [0.05, 0.1) is 6.54 Å². The van der Waals surface area contributed by atoms with Gasteiger partial charge in [-0.3, -0.25) is 9.98 Å². The molecule has 136 valence electrons. The van der Waals surface area contributed by atoms with Gasteiger partial charge in [-0.2, -0.15) is 0 Å². The number of nitrogens with zero attached hydrogens (tertiary/aromatic N) is 2. The van der Waals surface area contributed by atoms with E-state index in [4.69, 9.17) is 4.74 Å². The highest BCUT2D eigenvalue weighted by molar-refractivity contribution is 14.0. The van der Waals surface area contributed by atoms with Crippen molar-refractivity contribution < 1.29 is 9.13 Å². The molecule has 0 saturated carbocycles. The van der Waals surface area contributed by atoms with Gasteiger partial charge in [0.1, 0.15) is 18.2 Å². The lowest BCUT2D eigenvalue weighted by Crippen LogP contribution is -2.39. The van der Waals surface area contributed by atoms with Crippen molar-refractivity contribution in [1.82, 2.24) is 15.6 Å². The number of halogens is 2. The van der Waals surface area contributed by atoms with Gasteiger partial charge in [0.15, 0.2) is 5.96 Å². The number of pyridine rings is 1. The van der Waals surface area contributed by atoms with Gasteiger partial charge in [0, 0.05) is 37.5 Å².